The van der Waals surface area contributed by atoms with Crippen molar-refractivity contribution in [1.29, 1.82) is 0 Å². The quantitative estimate of drug-likeness (QED) is 0.874. The highest BCUT2D eigenvalue weighted by atomic mass is 32.2. The van der Waals surface area contributed by atoms with Crippen LogP contribution in [0, 0.1) is 12.8 Å². The average Bonchev–Trinajstić information content (AvgIpc) is 2.45. The van der Waals surface area contributed by atoms with Gasteiger partial charge in [-0.1, -0.05) is 6.07 Å². The van der Waals surface area contributed by atoms with Gasteiger partial charge in [-0.2, -0.15) is 0 Å². The lowest BCUT2D eigenvalue weighted by Crippen LogP contribution is -2.38. The number of rotatable bonds is 4. The molecule has 0 aromatic heterocycles. The fraction of sp³-hybridized carbons (Fsp3) is 0.533. The van der Waals surface area contributed by atoms with E-state index >= 15 is 0 Å². The first-order valence-corrected chi connectivity index (χ1v) is 9.06. The van der Waals surface area contributed by atoms with Gasteiger partial charge in [0, 0.05) is 18.4 Å². The summed E-state index contributed by atoms with van der Waals surface area (Å²) in [5, 5.41) is 6.20. The van der Waals surface area contributed by atoms with E-state index < -0.39 is 9.84 Å². The number of hydrogen-bond acceptors (Lipinski definition) is 4. The van der Waals surface area contributed by atoms with Crippen molar-refractivity contribution in [3.8, 4) is 0 Å². The second-order valence-electron chi connectivity index (χ2n) is 5.67. The van der Waals surface area contributed by atoms with Gasteiger partial charge < -0.3 is 10.6 Å². The van der Waals surface area contributed by atoms with Crippen LogP contribution in [0.3, 0.4) is 0 Å². The number of carbonyl (C=O) groups is 1. The number of nitrogens with one attached hydrogen (secondary N) is 2. The highest BCUT2D eigenvalue weighted by Gasteiger charge is 2.17. The Balaban J connectivity index is 2.05. The van der Waals surface area contributed by atoms with Crippen molar-refractivity contribution in [2.45, 2.75) is 24.7 Å². The van der Waals surface area contributed by atoms with E-state index in [1.165, 1.54) is 6.07 Å². The van der Waals surface area contributed by atoms with Crippen LogP contribution in [0.15, 0.2) is 23.1 Å². The molecule has 1 aliphatic heterocycles. The van der Waals surface area contributed by atoms with Crippen molar-refractivity contribution in [3.05, 3.63) is 29.3 Å². The smallest absolute Gasteiger partial charge is 0.251 e. The molecule has 0 spiro atoms. The zero-order valence-electron chi connectivity index (χ0n) is 12.5. The maximum atomic E-state index is 12.2. The summed E-state index contributed by atoms with van der Waals surface area (Å²) in [6, 6.07) is 4.80. The number of aryl methyl sites for hydroxylation is 1. The first-order chi connectivity index (χ1) is 9.88. The largest absolute Gasteiger partial charge is 0.352 e. The van der Waals surface area contributed by atoms with E-state index in [0.29, 0.717) is 23.6 Å². The van der Waals surface area contributed by atoms with Gasteiger partial charge >= 0.3 is 0 Å². The topological polar surface area (TPSA) is 75.3 Å². The van der Waals surface area contributed by atoms with E-state index in [4.69, 9.17) is 0 Å². The van der Waals surface area contributed by atoms with E-state index in [9.17, 15) is 13.2 Å². The van der Waals surface area contributed by atoms with Gasteiger partial charge in [0.25, 0.3) is 5.91 Å². The molecule has 2 rings (SSSR count). The number of amides is 1. The Labute approximate surface area is 126 Å². The van der Waals surface area contributed by atoms with Crippen LogP contribution in [-0.4, -0.2) is 40.2 Å². The molecule has 0 radical (unpaired) electrons. The summed E-state index contributed by atoms with van der Waals surface area (Å²) in [5.41, 5.74) is 1.05. The molecule has 1 amide bonds. The lowest BCUT2D eigenvalue weighted by Gasteiger charge is -2.22. The molecule has 1 aromatic rings. The number of carbonyl (C=O) groups excluding carboxylic acids is 1. The highest BCUT2D eigenvalue weighted by molar-refractivity contribution is 7.90. The monoisotopic (exact) mass is 310 g/mol. The Morgan fingerprint density at radius 3 is 2.81 bits per heavy atom. The third-order valence-electron chi connectivity index (χ3n) is 3.80. The molecule has 0 aliphatic carbocycles. The Bertz CT molecular complexity index is 620. The third kappa shape index (κ3) is 4.28. The zero-order valence-corrected chi connectivity index (χ0v) is 13.3. The van der Waals surface area contributed by atoms with Crippen molar-refractivity contribution >= 4 is 15.7 Å². The standard InChI is InChI=1S/C15H22N2O3S/c1-11-5-6-13(8-14(11)21(2,19)20)15(18)17-10-12-4-3-7-16-9-12/h5-6,8,12,16H,3-4,7,9-10H2,1-2H3,(H,17,18). The average molecular weight is 310 g/mol. The summed E-state index contributed by atoms with van der Waals surface area (Å²) >= 11 is 0. The molecule has 21 heavy (non-hydrogen) atoms. The van der Waals surface area contributed by atoms with E-state index in [2.05, 4.69) is 10.6 Å². The van der Waals surface area contributed by atoms with Crippen LogP contribution in [0.2, 0.25) is 0 Å². The molecule has 1 aromatic carbocycles. The summed E-state index contributed by atoms with van der Waals surface area (Å²) in [7, 11) is -3.31. The van der Waals surface area contributed by atoms with Gasteiger partial charge in [-0.3, -0.25) is 4.79 Å². The van der Waals surface area contributed by atoms with Crippen molar-refractivity contribution in [2.24, 2.45) is 5.92 Å². The van der Waals surface area contributed by atoms with E-state index in [-0.39, 0.29) is 10.8 Å². The minimum absolute atomic E-state index is 0.217. The van der Waals surface area contributed by atoms with E-state index in [1.807, 2.05) is 0 Å². The van der Waals surface area contributed by atoms with Crippen LogP contribution in [0.4, 0.5) is 0 Å². The Hall–Kier alpha value is -1.40. The molecule has 116 valence electrons. The second kappa shape index (κ2) is 6.58. The number of piperidine rings is 1. The highest BCUT2D eigenvalue weighted by Crippen LogP contribution is 2.17. The van der Waals surface area contributed by atoms with Crippen molar-refractivity contribution in [1.82, 2.24) is 10.6 Å². The summed E-state index contributed by atoms with van der Waals surface area (Å²) < 4.78 is 23.4. The maximum absolute atomic E-state index is 12.2. The Morgan fingerprint density at radius 1 is 1.43 bits per heavy atom. The minimum Gasteiger partial charge on any atom is -0.352 e. The second-order valence-corrected chi connectivity index (χ2v) is 7.66. The summed E-state index contributed by atoms with van der Waals surface area (Å²) in [6.07, 6.45) is 3.39. The van der Waals surface area contributed by atoms with Crippen LogP contribution in [0.25, 0.3) is 0 Å². The minimum atomic E-state index is -3.31. The lowest BCUT2D eigenvalue weighted by molar-refractivity contribution is 0.0944. The number of sulfone groups is 1. The lowest BCUT2D eigenvalue weighted by atomic mass is 9.99. The van der Waals surface area contributed by atoms with Crippen LogP contribution in [0.1, 0.15) is 28.8 Å². The van der Waals surface area contributed by atoms with Crippen LogP contribution >= 0.6 is 0 Å². The molecule has 5 nitrogen and oxygen atoms in total. The molecular weight excluding hydrogens is 288 g/mol. The molecule has 6 heteroatoms. The van der Waals surface area contributed by atoms with E-state index in [1.54, 1.807) is 19.1 Å². The fourth-order valence-electron chi connectivity index (χ4n) is 2.58. The van der Waals surface area contributed by atoms with Crippen molar-refractivity contribution < 1.29 is 13.2 Å². The van der Waals surface area contributed by atoms with Crippen LogP contribution in [0.5, 0.6) is 0 Å². The third-order valence-corrected chi connectivity index (χ3v) is 5.04. The fourth-order valence-corrected chi connectivity index (χ4v) is 3.57. The molecule has 0 saturated carbocycles. The predicted octanol–water partition coefficient (Wildman–Crippen LogP) is 1.13. The summed E-state index contributed by atoms with van der Waals surface area (Å²) in [6.45, 7) is 4.31. The maximum Gasteiger partial charge on any atom is 0.251 e. The molecule has 1 heterocycles. The van der Waals surface area contributed by atoms with Gasteiger partial charge in [0.1, 0.15) is 0 Å². The normalized spacial score (nSPS) is 19.2. The van der Waals surface area contributed by atoms with Gasteiger partial charge in [-0.25, -0.2) is 8.42 Å². The SMILES string of the molecule is Cc1ccc(C(=O)NCC2CCCNC2)cc1S(C)(=O)=O. The molecule has 1 saturated heterocycles. The van der Waals surface area contributed by atoms with Gasteiger partial charge in [0.05, 0.1) is 4.90 Å². The zero-order chi connectivity index (χ0) is 15.5. The molecular formula is C15H22N2O3S. The summed E-state index contributed by atoms with van der Waals surface area (Å²) in [5.74, 6) is 0.230. The number of benzene rings is 1. The van der Waals surface area contributed by atoms with Gasteiger partial charge in [0.2, 0.25) is 0 Å². The van der Waals surface area contributed by atoms with Crippen LogP contribution in [-0.2, 0) is 9.84 Å². The van der Waals surface area contributed by atoms with Gasteiger partial charge in [-0.15, -0.1) is 0 Å². The molecule has 1 fully saturated rings. The molecule has 2 N–H and O–H groups in total. The van der Waals surface area contributed by atoms with E-state index in [0.717, 1.165) is 32.2 Å². The summed E-state index contributed by atoms with van der Waals surface area (Å²) in [4.78, 5) is 12.4. The van der Waals surface area contributed by atoms with Crippen molar-refractivity contribution in [2.75, 3.05) is 25.9 Å². The van der Waals surface area contributed by atoms with Gasteiger partial charge in [0.15, 0.2) is 9.84 Å². The first kappa shape index (κ1) is 16.0. The van der Waals surface area contributed by atoms with Crippen molar-refractivity contribution in [3.63, 3.8) is 0 Å². The van der Waals surface area contributed by atoms with Crippen LogP contribution < -0.4 is 10.6 Å². The Morgan fingerprint density at radius 2 is 2.19 bits per heavy atom. The van der Waals surface area contributed by atoms with Gasteiger partial charge in [-0.05, 0) is 56.5 Å². The molecule has 1 aliphatic rings. The number of hydrogen-bond donors (Lipinski definition) is 2. The molecule has 0 bridgehead atoms. The molecule has 1 unspecified atom stereocenters. The predicted molar refractivity (Wildman–Crippen MR) is 82.2 cm³/mol. The molecule has 1 atom stereocenters. The Kier molecular flexibility index (Phi) is 5.00. The first-order valence-electron chi connectivity index (χ1n) is 7.17.